The predicted molar refractivity (Wildman–Crippen MR) is 99.8 cm³/mol. The van der Waals surface area contributed by atoms with Gasteiger partial charge in [-0.3, -0.25) is 9.59 Å². The molecule has 1 saturated carbocycles. The van der Waals surface area contributed by atoms with E-state index in [0.717, 1.165) is 29.8 Å². The molecule has 0 spiro atoms. The van der Waals surface area contributed by atoms with Crippen LogP contribution in [0.25, 0.3) is 0 Å². The number of anilines is 1. The molecule has 27 heavy (non-hydrogen) atoms. The molecule has 0 radical (unpaired) electrons. The lowest BCUT2D eigenvalue weighted by Crippen LogP contribution is -2.29. The summed E-state index contributed by atoms with van der Waals surface area (Å²) in [5, 5.41) is 8.86. The molecule has 1 heterocycles. The second-order valence-corrected chi connectivity index (χ2v) is 6.64. The van der Waals surface area contributed by atoms with Gasteiger partial charge in [0.05, 0.1) is 6.54 Å². The van der Waals surface area contributed by atoms with Crippen LogP contribution in [0.2, 0.25) is 0 Å². The van der Waals surface area contributed by atoms with Crippen LogP contribution in [0.3, 0.4) is 0 Å². The molecule has 7 heteroatoms. The molecular formula is C20H21N3O4. The van der Waals surface area contributed by atoms with E-state index in [-0.39, 0.29) is 25.2 Å². The van der Waals surface area contributed by atoms with Gasteiger partial charge in [-0.25, -0.2) is 0 Å². The molecule has 3 N–H and O–H groups in total. The van der Waals surface area contributed by atoms with Gasteiger partial charge in [0, 0.05) is 23.8 Å². The summed E-state index contributed by atoms with van der Waals surface area (Å²) in [5.41, 5.74) is 2.36. The lowest BCUT2D eigenvalue weighted by molar-refractivity contribution is -0.119. The van der Waals surface area contributed by atoms with Gasteiger partial charge in [-0.1, -0.05) is 6.07 Å². The fourth-order valence-electron chi connectivity index (χ4n) is 2.73. The van der Waals surface area contributed by atoms with Gasteiger partial charge in [0.15, 0.2) is 11.5 Å². The Kier molecular flexibility index (Phi) is 4.82. The number of rotatable bonds is 7. The Bertz CT molecular complexity index is 847. The summed E-state index contributed by atoms with van der Waals surface area (Å²) in [6.07, 6.45) is 2.12. The summed E-state index contributed by atoms with van der Waals surface area (Å²) in [6.45, 7) is 0.797. The zero-order valence-electron chi connectivity index (χ0n) is 14.8. The van der Waals surface area contributed by atoms with Gasteiger partial charge in [0.25, 0.3) is 5.91 Å². The van der Waals surface area contributed by atoms with Crippen LogP contribution in [0.5, 0.6) is 11.5 Å². The Morgan fingerprint density at radius 3 is 2.56 bits per heavy atom. The smallest absolute Gasteiger partial charge is 0.251 e. The molecule has 0 unspecified atom stereocenters. The number of nitrogens with one attached hydrogen (secondary N) is 3. The zero-order chi connectivity index (χ0) is 18.6. The minimum Gasteiger partial charge on any atom is -0.454 e. The topological polar surface area (TPSA) is 88.7 Å². The third-order valence-electron chi connectivity index (χ3n) is 4.44. The second-order valence-electron chi connectivity index (χ2n) is 6.64. The Hall–Kier alpha value is -3.22. The number of carbonyl (C=O) groups is 2. The first-order chi connectivity index (χ1) is 13.2. The summed E-state index contributed by atoms with van der Waals surface area (Å²) in [4.78, 5) is 24.0. The first-order valence-corrected chi connectivity index (χ1v) is 8.97. The quantitative estimate of drug-likeness (QED) is 0.697. The minimum absolute atomic E-state index is 0.0504. The third-order valence-corrected chi connectivity index (χ3v) is 4.44. The molecule has 2 amide bonds. The SMILES string of the molecule is O=C(CNc1ccc(C(=O)NC2CC2)cc1)NCc1ccc2c(c1)OCO2. The van der Waals surface area contributed by atoms with Crippen molar-refractivity contribution in [1.29, 1.82) is 0 Å². The van der Waals surface area contributed by atoms with E-state index in [1.807, 2.05) is 18.2 Å². The van der Waals surface area contributed by atoms with Gasteiger partial charge in [0.1, 0.15) is 0 Å². The monoisotopic (exact) mass is 367 g/mol. The van der Waals surface area contributed by atoms with Crippen molar-refractivity contribution in [3.05, 3.63) is 53.6 Å². The van der Waals surface area contributed by atoms with E-state index >= 15 is 0 Å². The van der Waals surface area contributed by atoms with E-state index in [2.05, 4.69) is 16.0 Å². The average Bonchev–Trinajstić information content (AvgIpc) is 3.38. The Balaban J connectivity index is 1.22. The van der Waals surface area contributed by atoms with E-state index in [1.165, 1.54) is 0 Å². The zero-order valence-corrected chi connectivity index (χ0v) is 14.8. The van der Waals surface area contributed by atoms with Crippen molar-refractivity contribution in [3.8, 4) is 11.5 Å². The van der Waals surface area contributed by atoms with E-state index in [9.17, 15) is 9.59 Å². The Labute approximate surface area is 157 Å². The molecule has 2 aromatic rings. The molecular weight excluding hydrogens is 346 g/mol. The molecule has 0 atom stereocenters. The maximum atomic E-state index is 12.0. The minimum atomic E-state index is -0.122. The number of benzene rings is 2. The van der Waals surface area contributed by atoms with Gasteiger partial charge in [-0.15, -0.1) is 0 Å². The van der Waals surface area contributed by atoms with Crippen LogP contribution in [-0.2, 0) is 11.3 Å². The first-order valence-electron chi connectivity index (χ1n) is 8.97. The molecule has 0 saturated heterocycles. The molecule has 1 aliphatic carbocycles. The van der Waals surface area contributed by atoms with Crippen molar-refractivity contribution in [3.63, 3.8) is 0 Å². The van der Waals surface area contributed by atoms with Crippen LogP contribution in [0.4, 0.5) is 5.69 Å². The number of hydrogen-bond acceptors (Lipinski definition) is 5. The largest absolute Gasteiger partial charge is 0.454 e. The fourth-order valence-corrected chi connectivity index (χ4v) is 2.73. The van der Waals surface area contributed by atoms with Gasteiger partial charge in [-0.05, 0) is 54.8 Å². The lowest BCUT2D eigenvalue weighted by atomic mass is 10.2. The normalized spacial score (nSPS) is 14.5. The Morgan fingerprint density at radius 2 is 1.78 bits per heavy atom. The third kappa shape index (κ3) is 4.49. The highest BCUT2D eigenvalue weighted by Gasteiger charge is 2.23. The molecule has 0 aromatic heterocycles. The van der Waals surface area contributed by atoms with Gasteiger partial charge >= 0.3 is 0 Å². The average molecular weight is 367 g/mol. The maximum Gasteiger partial charge on any atom is 0.251 e. The molecule has 1 fully saturated rings. The molecule has 2 aliphatic rings. The van der Waals surface area contributed by atoms with Crippen molar-refractivity contribution in [2.24, 2.45) is 0 Å². The summed E-state index contributed by atoms with van der Waals surface area (Å²) in [6, 6.07) is 13.0. The van der Waals surface area contributed by atoms with E-state index in [1.54, 1.807) is 24.3 Å². The van der Waals surface area contributed by atoms with Crippen molar-refractivity contribution >= 4 is 17.5 Å². The van der Waals surface area contributed by atoms with Crippen LogP contribution < -0.4 is 25.4 Å². The Morgan fingerprint density at radius 1 is 1.00 bits per heavy atom. The highest BCUT2D eigenvalue weighted by Crippen LogP contribution is 2.32. The molecule has 4 rings (SSSR count). The van der Waals surface area contributed by atoms with E-state index in [0.29, 0.717) is 23.9 Å². The van der Waals surface area contributed by atoms with Gasteiger partial charge in [-0.2, -0.15) is 0 Å². The van der Waals surface area contributed by atoms with Gasteiger partial charge in [0.2, 0.25) is 12.7 Å². The van der Waals surface area contributed by atoms with E-state index < -0.39 is 0 Å². The highest BCUT2D eigenvalue weighted by molar-refractivity contribution is 5.95. The summed E-state index contributed by atoms with van der Waals surface area (Å²) in [5.74, 6) is 1.25. The standard InChI is InChI=1S/C20H21N3O4/c24-19(22-10-13-1-8-17-18(9-13)27-12-26-17)11-21-15-4-2-14(3-5-15)20(25)23-16-6-7-16/h1-5,8-9,16,21H,6-7,10-12H2,(H,22,24)(H,23,25). The maximum absolute atomic E-state index is 12.0. The predicted octanol–water partition coefficient (Wildman–Crippen LogP) is 2.04. The van der Waals surface area contributed by atoms with E-state index in [4.69, 9.17) is 9.47 Å². The summed E-state index contributed by atoms with van der Waals surface area (Å²) < 4.78 is 10.6. The van der Waals surface area contributed by atoms with Crippen LogP contribution >= 0.6 is 0 Å². The van der Waals surface area contributed by atoms with Crippen LogP contribution in [0.15, 0.2) is 42.5 Å². The van der Waals surface area contributed by atoms with Crippen molar-refractivity contribution in [2.75, 3.05) is 18.7 Å². The molecule has 2 aromatic carbocycles. The van der Waals surface area contributed by atoms with Crippen molar-refractivity contribution < 1.29 is 19.1 Å². The van der Waals surface area contributed by atoms with Crippen LogP contribution in [0.1, 0.15) is 28.8 Å². The molecule has 1 aliphatic heterocycles. The number of hydrogen-bond donors (Lipinski definition) is 3. The summed E-state index contributed by atoms with van der Waals surface area (Å²) >= 11 is 0. The molecule has 0 bridgehead atoms. The number of amides is 2. The van der Waals surface area contributed by atoms with Crippen molar-refractivity contribution in [1.82, 2.24) is 10.6 Å². The summed E-state index contributed by atoms with van der Waals surface area (Å²) in [7, 11) is 0. The first kappa shape index (κ1) is 17.2. The lowest BCUT2D eigenvalue weighted by Gasteiger charge is -2.09. The van der Waals surface area contributed by atoms with Crippen LogP contribution in [0, 0.1) is 0 Å². The fraction of sp³-hybridized carbons (Fsp3) is 0.300. The molecule has 140 valence electrons. The number of carbonyl (C=O) groups excluding carboxylic acids is 2. The van der Waals surface area contributed by atoms with Gasteiger partial charge < -0.3 is 25.4 Å². The second kappa shape index (κ2) is 7.57. The number of ether oxygens (including phenoxy) is 2. The van der Waals surface area contributed by atoms with Crippen LogP contribution in [-0.4, -0.2) is 31.2 Å². The van der Waals surface area contributed by atoms with Crippen molar-refractivity contribution in [2.45, 2.75) is 25.4 Å². The number of fused-ring (bicyclic) bond motifs is 1. The molecule has 7 nitrogen and oxygen atoms in total. The highest BCUT2D eigenvalue weighted by atomic mass is 16.7.